The molecule has 1 fully saturated rings. The van der Waals surface area contributed by atoms with Crippen molar-refractivity contribution in [3.05, 3.63) is 29.5 Å². The topological polar surface area (TPSA) is 88.3 Å². The summed E-state index contributed by atoms with van der Waals surface area (Å²) >= 11 is 0. The lowest BCUT2D eigenvalue weighted by Gasteiger charge is -2.41. The summed E-state index contributed by atoms with van der Waals surface area (Å²) in [5.74, 6) is -0.242. The molecule has 0 spiro atoms. The Labute approximate surface area is 142 Å². The summed E-state index contributed by atoms with van der Waals surface area (Å²) < 4.78 is 0. The van der Waals surface area contributed by atoms with Crippen molar-refractivity contribution in [1.82, 2.24) is 9.88 Å². The SMILES string of the molecule is Cc1cc(NC(=O)C(=O)N2C[C@H](C)CC[C@H]2C2=CCC2)cnc1N. The number of nitrogen functional groups attached to an aromatic ring is 1. The Bertz CT molecular complexity index is 698. The van der Waals surface area contributed by atoms with E-state index in [1.54, 1.807) is 11.0 Å². The number of amides is 2. The first-order valence-electron chi connectivity index (χ1n) is 8.48. The predicted molar refractivity (Wildman–Crippen MR) is 93.2 cm³/mol. The second-order valence-electron chi connectivity index (χ2n) is 6.85. The minimum atomic E-state index is -0.611. The minimum Gasteiger partial charge on any atom is -0.383 e. The second-order valence-corrected chi connectivity index (χ2v) is 6.85. The van der Waals surface area contributed by atoms with E-state index in [4.69, 9.17) is 5.73 Å². The Morgan fingerprint density at radius 2 is 2.12 bits per heavy atom. The number of nitrogens with two attached hydrogens (primary N) is 1. The molecular weight excluding hydrogens is 304 g/mol. The molecule has 0 aromatic carbocycles. The van der Waals surface area contributed by atoms with Gasteiger partial charge in [-0.1, -0.05) is 18.6 Å². The van der Waals surface area contributed by atoms with Crippen molar-refractivity contribution in [2.45, 2.75) is 45.6 Å². The van der Waals surface area contributed by atoms with E-state index in [-0.39, 0.29) is 6.04 Å². The molecular formula is C18H24N4O2. The fourth-order valence-corrected chi connectivity index (χ4v) is 3.34. The van der Waals surface area contributed by atoms with Crippen LogP contribution in [0.25, 0.3) is 0 Å². The van der Waals surface area contributed by atoms with Crippen LogP contribution in [0, 0.1) is 12.8 Å². The van der Waals surface area contributed by atoms with Gasteiger partial charge in [-0.2, -0.15) is 0 Å². The number of anilines is 2. The van der Waals surface area contributed by atoms with Gasteiger partial charge < -0.3 is 16.0 Å². The van der Waals surface area contributed by atoms with Crippen molar-refractivity contribution in [3.63, 3.8) is 0 Å². The summed E-state index contributed by atoms with van der Waals surface area (Å²) in [6, 6.07) is 1.80. The number of hydrogen-bond donors (Lipinski definition) is 2. The van der Waals surface area contributed by atoms with E-state index >= 15 is 0 Å². The average molecular weight is 328 g/mol. The molecule has 1 aromatic rings. The van der Waals surface area contributed by atoms with E-state index in [1.165, 1.54) is 11.8 Å². The molecule has 2 heterocycles. The number of allylic oxidation sites excluding steroid dienone is 1. The molecule has 1 aromatic heterocycles. The molecule has 6 nitrogen and oxygen atoms in total. The molecule has 0 saturated carbocycles. The van der Waals surface area contributed by atoms with Crippen LogP contribution >= 0.6 is 0 Å². The van der Waals surface area contributed by atoms with Crippen LogP contribution < -0.4 is 11.1 Å². The minimum absolute atomic E-state index is 0.0829. The van der Waals surface area contributed by atoms with Crippen LogP contribution in [0.4, 0.5) is 11.5 Å². The van der Waals surface area contributed by atoms with E-state index in [1.807, 2.05) is 6.92 Å². The Morgan fingerprint density at radius 1 is 1.38 bits per heavy atom. The van der Waals surface area contributed by atoms with Crippen LogP contribution in [0.15, 0.2) is 23.9 Å². The lowest BCUT2D eigenvalue weighted by atomic mass is 9.83. The zero-order valence-corrected chi connectivity index (χ0v) is 14.2. The quantitative estimate of drug-likeness (QED) is 0.644. The Kier molecular flexibility index (Phi) is 4.55. The first-order chi connectivity index (χ1) is 11.5. The number of likely N-dealkylation sites (tertiary alicyclic amines) is 1. The van der Waals surface area contributed by atoms with Gasteiger partial charge in [0.15, 0.2) is 0 Å². The monoisotopic (exact) mass is 328 g/mol. The fraction of sp³-hybridized carbons (Fsp3) is 0.500. The van der Waals surface area contributed by atoms with Crippen molar-refractivity contribution in [1.29, 1.82) is 0 Å². The van der Waals surface area contributed by atoms with Gasteiger partial charge in [-0.05, 0) is 50.2 Å². The number of aryl methyl sites for hydroxylation is 1. The first kappa shape index (κ1) is 16.5. The Hall–Kier alpha value is -2.37. The third kappa shape index (κ3) is 3.27. The maximum absolute atomic E-state index is 12.7. The molecule has 3 rings (SSSR count). The number of nitrogens with zero attached hydrogens (tertiary/aromatic N) is 2. The number of hydrogen-bond acceptors (Lipinski definition) is 4. The number of piperidine rings is 1. The van der Waals surface area contributed by atoms with Crippen LogP contribution in [0.2, 0.25) is 0 Å². The van der Waals surface area contributed by atoms with Gasteiger partial charge in [0.25, 0.3) is 0 Å². The van der Waals surface area contributed by atoms with Crippen LogP contribution in [0.5, 0.6) is 0 Å². The predicted octanol–water partition coefficient (Wildman–Crippen LogP) is 2.26. The number of aromatic nitrogens is 1. The van der Waals surface area contributed by atoms with Gasteiger partial charge in [-0.3, -0.25) is 9.59 Å². The third-order valence-electron chi connectivity index (χ3n) is 4.92. The number of pyridine rings is 1. The van der Waals surface area contributed by atoms with Gasteiger partial charge in [0.1, 0.15) is 5.82 Å². The zero-order valence-electron chi connectivity index (χ0n) is 14.2. The fourth-order valence-electron chi connectivity index (χ4n) is 3.34. The van der Waals surface area contributed by atoms with Crippen LogP contribution in [0.1, 0.15) is 38.2 Å². The number of nitrogens with one attached hydrogen (secondary N) is 1. The number of carbonyl (C=O) groups is 2. The number of carbonyl (C=O) groups excluding carboxylic acids is 2. The highest BCUT2D eigenvalue weighted by molar-refractivity contribution is 6.39. The summed E-state index contributed by atoms with van der Waals surface area (Å²) in [5.41, 5.74) is 8.24. The first-order valence-corrected chi connectivity index (χ1v) is 8.48. The van der Waals surface area contributed by atoms with E-state index in [0.717, 1.165) is 31.2 Å². The van der Waals surface area contributed by atoms with Crippen molar-refractivity contribution in [2.24, 2.45) is 5.92 Å². The van der Waals surface area contributed by atoms with Crippen molar-refractivity contribution in [3.8, 4) is 0 Å². The molecule has 0 unspecified atom stereocenters. The van der Waals surface area contributed by atoms with Gasteiger partial charge >= 0.3 is 11.8 Å². The smallest absolute Gasteiger partial charge is 0.313 e. The van der Waals surface area contributed by atoms with Crippen molar-refractivity contribution < 1.29 is 9.59 Å². The molecule has 6 heteroatoms. The maximum Gasteiger partial charge on any atom is 0.313 e. The van der Waals surface area contributed by atoms with E-state index in [0.29, 0.717) is 24.0 Å². The van der Waals surface area contributed by atoms with E-state index in [9.17, 15) is 9.59 Å². The lowest BCUT2D eigenvalue weighted by Crippen LogP contribution is -2.51. The standard InChI is InChI=1S/C18H24N4O2/c1-11-6-7-15(13-4-3-5-13)22(10-11)18(24)17(23)21-14-8-12(2)16(19)20-9-14/h4,8-9,11,15H,3,5-7,10H2,1-2H3,(H2,19,20)(H,21,23)/t11-,15+/m1/s1. The number of rotatable bonds is 2. The normalized spacial score (nSPS) is 23.2. The van der Waals surface area contributed by atoms with Gasteiger partial charge in [-0.25, -0.2) is 4.98 Å². The van der Waals surface area contributed by atoms with Gasteiger partial charge in [0.05, 0.1) is 17.9 Å². The van der Waals surface area contributed by atoms with Crippen LogP contribution in [-0.2, 0) is 9.59 Å². The highest BCUT2D eigenvalue weighted by Gasteiger charge is 2.36. The largest absolute Gasteiger partial charge is 0.383 e. The molecule has 1 aliphatic heterocycles. The third-order valence-corrected chi connectivity index (χ3v) is 4.92. The highest BCUT2D eigenvalue weighted by Crippen LogP contribution is 2.33. The molecule has 24 heavy (non-hydrogen) atoms. The summed E-state index contributed by atoms with van der Waals surface area (Å²) in [7, 11) is 0. The summed E-state index contributed by atoms with van der Waals surface area (Å²) in [4.78, 5) is 30.9. The van der Waals surface area contributed by atoms with Gasteiger partial charge in [-0.15, -0.1) is 0 Å². The Balaban J connectivity index is 1.72. The molecule has 3 N–H and O–H groups in total. The maximum atomic E-state index is 12.7. The molecule has 128 valence electrons. The van der Waals surface area contributed by atoms with Gasteiger partial charge in [0.2, 0.25) is 0 Å². The highest BCUT2D eigenvalue weighted by atomic mass is 16.2. The summed E-state index contributed by atoms with van der Waals surface area (Å²) in [6.45, 7) is 4.56. The molecule has 1 saturated heterocycles. The summed E-state index contributed by atoms with van der Waals surface area (Å²) in [6.07, 6.45) is 7.80. The molecule has 1 aliphatic carbocycles. The zero-order chi connectivity index (χ0) is 17.3. The molecule has 2 aliphatic rings. The van der Waals surface area contributed by atoms with Gasteiger partial charge in [0, 0.05) is 6.54 Å². The molecule has 0 bridgehead atoms. The molecule has 2 amide bonds. The Morgan fingerprint density at radius 3 is 2.75 bits per heavy atom. The average Bonchev–Trinajstić information content (AvgIpc) is 2.50. The van der Waals surface area contributed by atoms with E-state index in [2.05, 4.69) is 23.3 Å². The van der Waals surface area contributed by atoms with Crippen LogP contribution in [0.3, 0.4) is 0 Å². The lowest BCUT2D eigenvalue weighted by molar-refractivity contribution is -0.145. The second kappa shape index (κ2) is 6.63. The van der Waals surface area contributed by atoms with Crippen LogP contribution in [-0.4, -0.2) is 34.3 Å². The molecule has 0 radical (unpaired) electrons. The van der Waals surface area contributed by atoms with Crippen molar-refractivity contribution >= 4 is 23.3 Å². The van der Waals surface area contributed by atoms with E-state index < -0.39 is 11.8 Å². The summed E-state index contributed by atoms with van der Waals surface area (Å²) in [5, 5.41) is 2.65. The molecule has 2 atom stereocenters. The van der Waals surface area contributed by atoms with Crippen molar-refractivity contribution in [2.75, 3.05) is 17.6 Å².